The number of amides is 1. The van der Waals surface area contributed by atoms with Crippen molar-refractivity contribution in [3.8, 4) is 11.5 Å². The number of benzene rings is 2. The molecule has 2 aromatic carbocycles. The van der Waals surface area contributed by atoms with Gasteiger partial charge < -0.3 is 14.8 Å². The van der Waals surface area contributed by atoms with Crippen molar-refractivity contribution in [3.05, 3.63) is 60.7 Å². The van der Waals surface area contributed by atoms with Crippen molar-refractivity contribution in [2.24, 2.45) is 0 Å². The van der Waals surface area contributed by atoms with E-state index in [1.807, 2.05) is 0 Å². The van der Waals surface area contributed by atoms with E-state index >= 15 is 0 Å². The molecule has 0 radical (unpaired) electrons. The second kappa shape index (κ2) is 8.50. The number of carbonyl (C=O) groups excluding carboxylic acids is 1. The summed E-state index contributed by atoms with van der Waals surface area (Å²) < 4.78 is 37.1. The molecule has 0 fully saturated rings. The third-order valence-electron chi connectivity index (χ3n) is 3.48. The van der Waals surface area contributed by atoms with Crippen LogP contribution in [0, 0.1) is 0 Å². The van der Waals surface area contributed by atoms with Crippen LogP contribution in [0.25, 0.3) is 0 Å². The van der Waals surface area contributed by atoms with Crippen LogP contribution < -0.4 is 19.5 Å². The molecule has 138 valence electrons. The predicted molar refractivity (Wildman–Crippen MR) is 99.3 cm³/mol. The highest BCUT2D eigenvalue weighted by Crippen LogP contribution is 2.29. The van der Waals surface area contributed by atoms with Gasteiger partial charge in [-0.25, -0.2) is 13.1 Å². The Kier molecular flexibility index (Phi) is 6.37. The third kappa shape index (κ3) is 4.62. The standard InChI is InChI=1S/C18H20N2O5S/c1-4-10-19-26(22,23)15-7-5-6-13(11-15)18(21)20-16-12-14(24-2)8-9-17(16)25-3/h4-9,11-12,19H,1,10H2,2-3H3,(H,20,21). The number of methoxy groups -OCH3 is 2. The van der Waals surface area contributed by atoms with E-state index < -0.39 is 15.9 Å². The van der Waals surface area contributed by atoms with E-state index in [1.54, 1.807) is 18.2 Å². The zero-order valence-electron chi connectivity index (χ0n) is 14.5. The molecule has 2 rings (SSSR count). The number of anilines is 1. The van der Waals surface area contributed by atoms with E-state index in [9.17, 15) is 13.2 Å². The molecule has 26 heavy (non-hydrogen) atoms. The Labute approximate surface area is 152 Å². The Bertz CT molecular complexity index is 910. The average Bonchev–Trinajstić information content (AvgIpc) is 2.66. The molecule has 0 saturated carbocycles. The van der Waals surface area contributed by atoms with Gasteiger partial charge in [0.15, 0.2) is 0 Å². The summed E-state index contributed by atoms with van der Waals surface area (Å²) in [5.41, 5.74) is 0.603. The van der Waals surface area contributed by atoms with Gasteiger partial charge in [0, 0.05) is 18.2 Å². The minimum absolute atomic E-state index is 0.00962. The lowest BCUT2D eigenvalue weighted by molar-refractivity contribution is 0.102. The lowest BCUT2D eigenvalue weighted by Gasteiger charge is -2.12. The Balaban J connectivity index is 2.29. The van der Waals surface area contributed by atoms with Gasteiger partial charge in [-0.05, 0) is 30.3 Å². The fraction of sp³-hybridized carbons (Fsp3) is 0.167. The summed E-state index contributed by atoms with van der Waals surface area (Å²) in [7, 11) is -0.727. The molecule has 7 nitrogen and oxygen atoms in total. The summed E-state index contributed by atoms with van der Waals surface area (Å²) in [5, 5.41) is 2.70. The first-order valence-electron chi connectivity index (χ1n) is 7.65. The number of rotatable bonds is 8. The van der Waals surface area contributed by atoms with E-state index in [4.69, 9.17) is 9.47 Å². The maximum atomic E-state index is 12.5. The molecule has 8 heteroatoms. The number of hydrogen-bond donors (Lipinski definition) is 2. The zero-order chi connectivity index (χ0) is 19.2. The van der Waals surface area contributed by atoms with Crippen LogP contribution in [0.5, 0.6) is 11.5 Å². The Morgan fingerprint density at radius 3 is 2.58 bits per heavy atom. The van der Waals surface area contributed by atoms with Gasteiger partial charge in [0.25, 0.3) is 5.91 Å². The first-order valence-corrected chi connectivity index (χ1v) is 9.13. The van der Waals surface area contributed by atoms with Crippen LogP contribution in [-0.4, -0.2) is 35.1 Å². The molecule has 0 unspecified atom stereocenters. The Hall–Kier alpha value is -2.84. The van der Waals surface area contributed by atoms with Crippen molar-refractivity contribution < 1.29 is 22.7 Å². The highest BCUT2D eigenvalue weighted by Gasteiger charge is 2.16. The van der Waals surface area contributed by atoms with Crippen LogP contribution >= 0.6 is 0 Å². The van der Waals surface area contributed by atoms with Crippen molar-refractivity contribution in [2.45, 2.75) is 4.90 Å². The number of hydrogen-bond acceptors (Lipinski definition) is 5. The first kappa shape index (κ1) is 19.5. The van der Waals surface area contributed by atoms with Crippen molar-refractivity contribution in [1.29, 1.82) is 0 Å². The molecule has 0 atom stereocenters. The molecule has 2 aromatic rings. The van der Waals surface area contributed by atoms with Gasteiger partial charge in [-0.15, -0.1) is 6.58 Å². The number of ether oxygens (including phenoxy) is 2. The maximum absolute atomic E-state index is 12.5. The molecule has 0 aliphatic carbocycles. The molecule has 0 spiro atoms. The highest BCUT2D eigenvalue weighted by molar-refractivity contribution is 7.89. The summed E-state index contributed by atoms with van der Waals surface area (Å²) in [4.78, 5) is 12.5. The van der Waals surface area contributed by atoms with Crippen molar-refractivity contribution >= 4 is 21.6 Å². The maximum Gasteiger partial charge on any atom is 0.255 e. The van der Waals surface area contributed by atoms with Crippen molar-refractivity contribution in [2.75, 3.05) is 26.1 Å². The van der Waals surface area contributed by atoms with Crippen LogP contribution in [0.4, 0.5) is 5.69 Å². The van der Waals surface area contributed by atoms with Gasteiger partial charge in [-0.3, -0.25) is 4.79 Å². The molecule has 0 saturated heterocycles. The van der Waals surface area contributed by atoms with Crippen LogP contribution in [0.2, 0.25) is 0 Å². The molecule has 0 aliphatic heterocycles. The van der Waals surface area contributed by atoms with E-state index in [1.165, 1.54) is 44.6 Å². The average molecular weight is 376 g/mol. The summed E-state index contributed by atoms with van der Waals surface area (Å²) in [6, 6.07) is 10.7. The topological polar surface area (TPSA) is 93.7 Å². The zero-order valence-corrected chi connectivity index (χ0v) is 15.3. The van der Waals surface area contributed by atoms with Gasteiger partial charge in [0.2, 0.25) is 10.0 Å². The van der Waals surface area contributed by atoms with Crippen molar-refractivity contribution in [1.82, 2.24) is 4.72 Å². The van der Waals surface area contributed by atoms with E-state index in [0.717, 1.165) is 0 Å². The Morgan fingerprint density at radius 1 is 1.15 bits per heavy atom. The number of sulfonamides is 1. The minimum atomic E-state index is -3.72. The highest BCUT2D eigenvalue weighted by atomic mass is 32.2. The minimum Gasteiger partial charge on any atom is -0.497 e. The first-order chi connectivity index (χ1) is 12.4. The van der Waals surface area contributed by atoms with Crippen LogP contribution in [-0.2, 0) is 10.0 Å². The van der Waals surface area contributed by atoms with Crippen molar-refractivity contribution in [3.63, 3.8) is 0 Å². The molecule has 1 amide bonds. The molecular weight excluding hydrogens is 356 g/mol. The van der Waals surface area contributed by atoms with Crippen LogP contribution in [0.3, 0.4) is 0 Å². The lowest BCUT2D eigenvalue weighted by atomic mass is 10.2. The number of carbonyl (C=O) groups is 1. The molecule has 2 N–H and O–H groups in total. The summed E-state index contributed by atoms with van der Waals surface area (Å²) in [6.45, 7) is 3.56. The SMILES string of the molecule is C=CCNS(=O)(=O)c1cccc(C(=O)Nc2cc(OC)ccc2OC)c1. The molecule has 0 aliphatic rings. The van der Waals surface area contributed by atoms with E-state index in [0.29, 0.717) is 17.2 Å². The lowest BCUT2D eigenvalue weighted by Crippen LogP contribution is -2.24. The normalized spacial score (nSPS) is 10.8. The molecule has 0 aromatic heterocycles. The molecule has 0 heterocycles. The van der Waals surface area contributed by atoms with Gasteiger partial charge in [0.1, 0.15) is 11.5 Å². The number of nitrogens with one attached hydrogen (secondary N) is 2. The summed E-state index contributed by atoms with van der Waals surface area (Å²) in [6.07, 6.45) is 1.43. The van der Waals surface area contributed by atoms with Crippen LogP contribution in [0.15, 0.2) is 60.0 Å². The second-order valence-corrected chi connectivity index (χ2v) is 6.96. The van der Waals surface area contributed by atoms with E-state index in [2.05, 4.69) is 16.6 Å². The van der Waals surface area contributed by atoms with Gasteiger partial charge in [0.05, 0.1) is 24.8 Å². The smallest absolute Gasteiger partial charge is 0.255 e. The molecule has 0 bridgehead atoms. The van der Waals surface area contributed by atoms with Crippen LogP contribution in [0.1, 0.15) is 10.4 Å². The fourth-order valence-corrected chi connectivity index (χ4v) is 3.21. The second-order valence-electron chi connectivity index (χ2n) is 5.19. The third-order valence-corrected chi connectivity index (χ3v) is 4.90. The summed E-state index contributed by atoms with van der Waals surface area (Å²) >= 11 is 0. The monoisotopic (exact) mass is 376 g/mol. The molecular formula is C18H20N2O5S. The largest absolute Gasteiger partial charge is 0.497 e. The predicted octanol–water partition coefficient (Wildman–Crippen LogP) is 2.42. The summed E-state index contributed by atoms with van der Waals surface area (Å²) in [5.74, 6) is 0.527. The van der Waals surface area contributed by atoms with E-state index in [-0.39, 0.29) is 17.0 Å². The fourth-order valence-electron chi connectivity index (χ4n) is 2.16. The Morgan fingerprint density at radius 2 is 1.92 bits per heavy atom. The quantitative estimate of drug-likeness (QED) is 0.690. The van der Waals surface area contributed by atoms with Gasteiger partial charge in [-0.1, -0.05) is 12.1 Å². The van der Waals surface area contributed by atoms with Gasteiger partial charge >= 0.3 is 0 Å². The van der Waals surface area contributed by atoms with Gasteiger partial charge in [-0.2, -0.15) is 0 Å².